The van der Waals surface area contributed by atoms with Crippen LogP contribution in [0.2, 0.25) is 5.02 Å². The number of fused-ring (bicyclic) bond motifs is 1. The summed E-state index contributed by atoms with van der Waals surface area (Å²) in [6, 6.07) is 14.9. The van der Waals surface area contributed by atoms with Gasteiger partial charge < -0.3 is 9.30 Å². The summed E-state index contributed by atoms with van der Waals surface area (Å²) in [6.45, 7) is 0.106. The van der Waals surface area contributed by atoms with Crippen molar-refractivity contribution in [3.8, 4) is 0 Å². The summed E-state index contributed by atoms with van der Waals surface area (Å²) in [5, 5.41) is 5.63. The number of carbonyl (C=O) groups is 2. The van der Waals surface area contributed by atoms with E-state index in [1.165, 1.54) is 18.9 Å². The van der Waals surface area contributed by atoms with Crippen LogP contribution in [0.25, 0.3) is 10.9 Å². The van der Waals surface area contributed by atoms with Crippen molar-refractivity contribution in [2.45, 2.75) is 11.4 Å². The molecule has 0 radical (unpaired) electrons. The molecule has 0 saturated carbocycles. The molecule has 0 atom stereocenters. The third-order valence-corrected chi connectivity index (χ3v) is 5.19. The molecule has 0 bridgehead atoms. The zero-order valence-corrected chi connectivity index (χ0v) is 16.7. The number of carbonyl (C=O) groups excluding carboxylic acids is 2. The summed E-state index contributed by atoms with van der Waals surface area (Å²) < 4.78 is 6.53. The fraction of sp³-hybridized carbons (Fsp3) is 0.150. The second-order valence-corrected chi connectivity index (χ2v) is 7.33. The highest BCUT2D eigenvalue weighted by atomic mass is 35.5. The predicted octanol–water partition coefficient (Wildman–Crippen LogP) is 3.71. The van der Waals surface area contributed by atoms with Crippen LogP contribution in [-0.2, 0) is 20.9 Å². The zero-order chi connectivity index (χ0) is 19.9. The van der Waals surface area contributed by atoms with Gasteiger partial charge in [0.15, 0.2) is 0 Å². The maximum absolute atomic E-state index is 12.0. The molecule has 0 fully saturated rings. The van der Waals surface area contributed by atoms with E-state index in [-0.39, 0.29) is 24.2 Å². The van der Waals surface area contributed by atoms with Gasteiger partial charge in [0.2, 0.25) is 5.91 Å². The fourth-order valence-corrected chi connectivity index (χ4v) is 3.42. The number of amides is 1. The SMILES string of the molecule is COC(=O)Cn1cc(/C=N\NC(=O)CSc2ccc(Cl)cc2)c2ccccc21. The van der Waals surface area contributed by atoms with E-state index in [0.717, 1.165) is 21.4 Å². The van der Waals surface area contributed by atoms with Crippen molar-refractivity contribution in [2.75, 3.05) is 12.9 Å². The molecule has 1 aromatic heterocycles. The molecule has 8 heteroatoms. The Bertz CT molecular complexity index is 1020. The molecule has 144 valence electrons. The van der Waals surface area contributed by atoms with Crippen LogP contribution in [0, 0.1) is 0 Å². The number of hydrogen-bond donors (Lipinski definition) is 1. The summed E-state index contributed by atoms with van der Waals surface area (Å²) in [4.78, 5) is 24.5. The molecular weight excluding hydrogens is 398 g/mol. The number of ether oxygens (including phenoxy) is 1. The second-order valence-electron chi connectivity index (χ2n) is 5.84. The number of para-hydroxylation sites is 1. The Morgan fingerprint density at radius 2 is 1.96 bits per heavy atom. The Labute approximate surface area is 171 Å². The number of aromatic nitrogens is 1. The number of hydrazone groups is 1. The molecule has 28 heavy (non-hydrogen) atoms. The monoisotopic (exact) mass is 415 g/mol. The van der Waals surface area contributed by atoms with Crippen LogP contribution in [0.1, 0.15) is 5.56 Å². The van der Waals surface area contributed by atoms with E-state index in [0.29, 0.717) is 5.02 Å². The maximum atomic E-state index is 12.0. The van der Waals surface area contributed by atoms with Crippen LogP contribution >= 0.6 is 23.4 Å². The molecule has 3 aromatic rings. The summed E-state index contributed by atoms with van der Waals surface area (Å²) in [7, 11) is 1.36. The number of benzene rings is 2. The van der Waals surface area contributed by atoms with E-state index >= 15 is 0 Å². The molecule has 1 N–H and O–H groups in total. The van der Waals surface area contributed by atoms with Crippen LogP contribution < -0.4 is 5.43 Å². The zero-order valence-electron chi connectivity index (χ0n) is 15.1. The maximum Gasteiger partial charge on any atom is 0.325 e. The molecule has 1 heterocycles. The van der Waals surface area contributed by atoms with Gasteiger partial charge in [-0.25, -0.2) is 5.43 Å². The van der Waals surface area contributed by atoms with Gasteiger partial charge in [0, 0.05) is 32.6 Å². The van der Waals surface area contributed by atoms with Crippen LogP contribution in [0.3, 0.4) is 0 Å². The summed E-state index contributed by atoms with van der Waals surface area (Å²) in [6.07, 6.45) is 3.38. The normalized spacial score (nSPS) is 11.1. The molecule has 0 aliphatic heterocycles. The van der Waals surface area contributed by atoms with E-state index in [4.69, 9.17) is 16.3 Å². The molecule has 0 aliphatic carbocycles. The van der Waals surface area contributed by atoms with Crippen LogP contribution in [0.15, 0.2) is 64.7 Å². The van der Waals surface area contributed by atoms with E-state index < -0.39 is 0 Å². The van der Waals surface area contributed by atoms with Crippen LogP contribution in [0.4, 0.5) is 0 Å². The van der Waals surface area contributed by atoms with Gasteiger partial charge in [-0.3, -0.25) is 9.59 Å². The Balaban J connectivity index is 1.63. The van der Waals surface area contributed by atoms with Crippen molar-refractivity contribution < 1.29 is 14.3 Å². The summed E-state index contributed by atoms with van der Waals surface area (Å²) in [5.74, 6) is -0.311. The molecule has 6 nitrogen and oxygen atoms in total. The highest BCUT2D eigenvalue weighted by Gasteiger charge is 2.10. The number of methoxy groups -OCH3 is 1. The lowest BCUT2D eigenvalue weighted by Gasteiger charge is -2.02. The molecule has 1 amide bonds. The van der Waals surface area contributed by atoms with Gasteiger partial charge in [0.25, 0.3) is 0 Å². The molecule has 0 spiro atoms. The van der Waals surface area contributed by atoms with Gasteiger partial charge in [-0.2, -0.15) is 5.10 Å². The first-order valence-corrected chi connectivity index (χ1v) is 9.78. The largest absolute Gasteiger partial charge is 0.468 e. The summed E-state index contributed by atoms with van der Waals surface area (Å²) in [5.41, 5.74) is 4.21. The van der Waals surface area contributed by atoms with Crippen molar-refractivity contribution in [3.63, 3.8) is 0 Å². The number of thioether (sulfide) groups is 1. The van der Waals surface area contributed by atoms with Gasteiger partial charge in [-0.1, -0.05) is 29.8 Å². The first-order valence-electron chi connectivity index (χ1n) is 8.42. The molecule has 0 unspecified atom stereocenters. The topological polar surface area (TPSA) is 72.7 Å². The minimum Gasteiger partial charge on any atom is -0.468 e. The minimum absolute atomic E-state index is 0.106. The third-order valence-electron chi connectivity index (χ3n) is 3.92. The number of esters is 1. The van der Waals surface area contributed by atoms with Gasteiger partial charge in [-0.15, -0.1) is 11.8 Å². The van der Waals surface area contributed by atoms with Gasteiger partial charge in [0.05, 0.1) is 19.1 Å². The van der Waals surface area contributed by atoms with Crippen molar-refractivity contribution in [2.24, 2.45) is 5.10 Å². The lowest BCUT2D eigenvalue weighted by Crippen LogP contribution is -2.19. The van der Waals surface area contributed by atoms with Gasteiger partial charge in [-0.05, 0) is 30.3 Å². The Morgan fingerprint density at radius 1 is 1.21 bits per heavy atom. The number of rotatable bonds is 7. The Hall–Kier alpha value is -2.77. The second kappa shape index (κ2) is 9.43. The first-order chi connectivity index (χ1) is 13.6. The lowest BCUT2D eigenvalue weighted by molar-refractivity contribution is -0.141. The number of halogens is 1. The first kappa shape index (κ1) is 20.0. The predicted molar refractivity (Wildman–Crippen MR) is 112 cm³/mol. The molecule has 0 saturated heterocycles. The highest BCUT2D eigenvalue weighted by molar-refractivity contribution is 8.00. The number of nitrogens with one attached hydrogen (secondary N) is 1. The van der Waals surface area contributed by atoms with E-state index in [1.54, 1.807) is 29.1 Å². The summed E-state index contributed by atoms with van der Waals surface area (Å²) >= 11 is 7.24. The van der Waals surface area contributed by atoms with Gasteiger partial charge >= 0.3 is 5.97 Å². The number of nitrogens with zero attached hydrogens (tertiary/aromatic N) is 2. The van der Waals surface area contributed by atoms with Gasteiger partial charge in [0.1, 0.15) is 6.54 Å². The van der Waals surface area contributed by atoms with E-state index in [2.05, 4.69) is 10.5 Å². The average Bonchev–Trinajstić information content (AvgIpc) is 3.05. The number of hydrogen-bond acceptors (Lipinski definition) is 5. The quantitative estimate of drug-likeness (QED) is 0.276. The van der Waals surface area contributed by atoms with E-state index in [9.17, 15) is 9.59 Å². The van der Waals surface area contributed by atoms with Crippen LogP contribution in [0.5, 0.6) is 0 Å². The van der Waals surface area contributed by atoms with Crippen molar-refractivity contribution >= 4 is 52.4 Å². The van der Waals surface area contributed by atoms with Crippen molar-refractivity contribution in [1.29, 1.82) is 0 Å². The Morgan fingerprint density at radius 3 is 2.71 bits per heavy atom. The minimum atomic E-state index is -0.336. The standard InChI is InChI=1S/C20H18ClN3O3S/c1-27-20(26)12-24-11-14(17-4-2-3-5-18(17)24)10-22-23-19(25)13-28-16-8-6-15(21)7-9-16/h2-11H,12-13H2,1H3,(H,23,25)/b22-10-. The van der Waals surface area contributed by atoms with E-state index in [1.807, 2.05) is 36.4 Å². The Kier molecular flexibility index (Phi) is 6.73. The molecule has 2 aromatic carbocycles. The molecule has 0 aliphatic rings. The van der Waals surface area contributed by atoms with Crippen LogP contribution in [-0.4, -0.2) is 35.5 Å². The molecule has 3 rings (SSSR count). The average molecular weight is 416 g/mol. The lowest BCUT2D eigenvalue weighted by atomic mass is 10.2. The molecular formula is C20H18ClN3O3S. The smallest absolute Gasteiger partial charge is 0.325 e. The highest BCUT2D eigenvalue weighted by Crippen LogP contribution is 2.21. The van der Waals surface area contributed by atoms with Crippen molar-refractivity contribution in [3.05, 3.63) is 65.3 Å². The third kappa shape index (κ3) is 5.15. The van der Waals surface area contributed by atoms with Crippen molar-refractivity contribution in [1.82, 2.24) is 9.99 Å². The fourth-order valence-electron chi connectivity index (χ4n) is 2.60.